The fourth-order valence-corrected chi connectivity index (χ4v) is 2.92. The highest BCUT2D eigenvalue weighted by atomic mass is 32.1. The van der Waals surface area contributed by atoms with Gasteiger partial charge in [-0.25, -0.2) is 4.98 Å². The van der Waals surface area contributed by atoms with Crippen LogP contribution in [0.5, 0.6) is 0 Å². The number of morpholine rings is 1. The molecule has 2 rings (SSSR count). The number of nitrogens with one attached hydrogen (secondary N) is 1. The lowest BCUT2D eigenvalue weighted by Crippen LogP contribution is -2.47. The fourth-order valence-electron chi connectivity index (χ4n) is 2.30. The first-order chi connectivity index (χ1) is 9.65. The fraction of sp³-hybridized carbons (Fsp3) is 0.714. The van der Waals surface area contributed by atoms with Gasteiger partial charge in [0.15, 0.2) is 0 Å². The molecule has 0 aromatic carbocycles. The zero-order valence-corrected chi connectivity index (χ0v) is 13.0. The van der Waals surface area contributed by atoms with Crippen LogP contribution in [0.15, 0.2) is 11.6 Å². The van der Waals surface area contributed by atoms with Crippen molar-refractivity contribution in [2.45, 2.75) is 38.8 Å². The van der Waals surface area contributed by atoms with Crippen molar-refractivity contribution in [1.29, 1.82) is 0 Å². The van der Waals surface area contributed by atoms with Gasteiger partial charge in [0.05, 0.1) is 24.1 Å². The molecule has 112 valence electrons. The lowest BCUT2D eigenvalue weighted by atomic mass is 10.1. The van der Waals surface area contributed by atoms with Gasteiger partial charge in [0, 0.05) is 43.7 Å². The Morgan fingerprint density at radius 3 is 3.20 bits per heavy atom. The van der Waals surface area contributed by atoms with Crippen molar-refractivity contribution in [1.82, 2.24) is 15.2 Å². The number of ether oxygens (including phenoxy) is 1. The van der Waals surface area contributed by atoms with Gasteiger partial charge in [-0.05, 0) is 13.8 Å². The van der Waals surface area contributed by atoms with E-state index in [1.807, 2.05) is 5.38 Å². The smallest absolute Gasteiger partial charge is 0.222 e. The number of carbonyl (C=O) groups is 1. The van der Waals surface area contributed by atoms with Crippen molar-refractivity contribution in [3.05, 3.63) is 16.6 Å². The molecule has 0 radical (unpaired) electrons. The molecule has 1 aromatic heterocycles. The average Bonchev–Trinajstić information content (AvgIpc) is 2.92. The maximum Gasteiger partial charge on any atom is 0.222 e. The van der Waals surface area contributed by atoms with Gasteiger partial charge in [-0.1, -0.05) is 0 Å². The number of hydrogen-bond acceptors (Lipinski definition) is 5. The summed E-state index contributed by atoms with van der Waals surface area (Å²) in [5, 5.41) is 5.95. The van der Waals surface area contributed by atoms with E-state index >= 15 is 0 Å². The molecule has 1 aliphatic heterocycles. The summed E-state index contributed by atoms with van der Waals surface area (Å²) >= 11 is 1.62. The van der Waals surface area contributed by atoms with Gasteiger partial charge >= 0.3 is 0 Å². The largest absolute Gasteiger partial charge is 0.375 e. The normalized spacial score (nSPS) is 20.2. The molecular weight excluding hydrogens is 274 g/mol. The van der Waals surface area contributed by atoms with Crippen molar-refractivity contribution in [2.75, 3.05) is 26.2 Å². The third kappa shape index (κ3) is 4.85. The molecular formula is C14H23N3O2S. The van der Waals surface area contributed by atoms with Gasteiger partial charge in [-0.3, -0.25) is 9.69 Å². The minimum atomic E-state index is 0.0195. The van der Waals surface area contributed by atoms with E-state index in [0.717, 1.165) is 31.1 Å². The second-order valence-corrected chi connectivity index (χ2v) is 6.29. The van der Waals surface area contributed by atoms with E-state index in [1.54, 1.807) is 17.5 Å². The first-order valence-corrected chi connectivity index (χ1v) is 8.04. The van der Waals surface area contributed by atoms with Gasteiger partial charge in [-0.2, -0.15) is 0 Å². The first kappa shape index (κ1) is 15.4. The Hall–Kier alpha value is -0.980. The van der Waals surface area contributed by atoms with E-state index in [-0.39, 0.29) is 12.0 Å². The molecule has 1 amide bonds. The molecule has 0 bridgehead atoms. The van der Waals surface area contributed by atoms with Crippen LogP contribution >= 0.6 is 11.3 Å². The van der Waals surface area contributed by atoms with Crippen LogP contribution in [0.3, 0.4) is 0 Å². The van der Waals surface area contributed by atoms with E-state index < -0.39 is 0 Å². The molecule has 6 heteroatoms. The lowest BCUT2D eigenvalue weighted by molar-refractivity contribution is -0.126. The quantitative estimate of drug-likeness (QED) is 0.860. The van der Waals surface area contributed by atoms with Crippen molar-refractivity contribution < 1.29 is 9.53 Å². The molecule has 0 aliphatic carbocycles. The average molecular weight is 297 g/mol. The lowest BCUT2D eigenvalue weighted by Gasteiger charge is -2.35. The number of thiazole rings is 1. The van der Waals surface area contributed by atoms with Gasteiger partial charge in [-0.15, -0.1) is 11.3 Å². The number of rotatable bonds is 6. The Balaban J connectivity index is 1.66. The van der Waals surface area contributed by atoms with Crippen molar-refractivity contribution in [3.63, 3.8) is 0 Å². The number of amides is 1. The third-order valence-electron chi connectivity index (χ3n) is 3.46. The Morgan fingerprint density at radius 1 is 1.65 bits per heavy atom. The molecule has 1 aromatic rings. The van der Waals surface area contributed by atoms with Crippen LogP contribution < -0.4 is 5.32 Å². The van der Waals surface area contributed by atoms with Crippen LogP contribution in [-0.4, -0.2) is 54.2 Å². The van der Waals surface area contributed by atoms with Crippen LogP contribution in [0.25, 0.3) is 0 Å². The van der Waals surface area contributed by atoms with Crippen LogP contribution in [-0.2, 0) is 16.0 Å². The highest BCUT2D eigenvalue weighted by molar-refractivity contribution is 7.09. The van der Waals surface area contributed by atoms with E-state index in [0.29, 0.717) is 19.0 Å². The van der Waals surface area contributed by atoms with Gasteiger partial charge in [0.1, 0.15) is 0 Å². The Labute approximate surface area is 124 Å². The maximum absolute atomic E-state index is 11.9. The highest BCUT2D eigenvalue weighted by Gasteiger charge is 2.24. The summed E-state index contributed by atoms with van der Waals surface area (Å²) in [5.74, 6) is 0.0668. The minimum Gasteiger partial charge on any atom is -0.375 e. The highest BCUT2D eigenvalue weighted by Crippen LogP contribution is 2.11. The Morgan fingerprint density at radius 2 is 2.50 bits per heavy atom. The van der Waals surface area contributed by atoms with Crippen LogP contribution in [0.2, 0.25) is 0 Å². The van der Waals surface area contributed by atoms with E-state index in [9.17, 15) is 4.79 Å². The van der Waals surface area contributed by atoms with E-state index in [4.69, 9.17) is 4.74 Å². The van der Waals surface area contributed by atoms with Gasteiger partial charge < -0.3 is 10.1 Å². The second-order valence-electron chi connectivity index (χ2n) is 5.31. The van der Waals surface area contributed by atoms with Crippen molar-refractivity contribution in [2.24, 2.45) is 0 Å². The molecule has 20 heavy (non-hydrogen) atoms. The standard InChI is InChI=1S/C14H23N3O2S/c1-11(2)17-6-7-19-12(10-17)9-13(18)15-4-3-14-16-5-8-20-14/h5,8,11-12H,3-4,6-7,9-10H2,1-2H3,(H,15,18)/t12-/m0/s1. The second kappa shape index (κ2) is 7.71. The molecule has 2 heterocycles. The van der Waals surface area contributed by atoms with Crippen LogP contribution in [0.1, 0.15) is 25.3 Å². The molecule has 1 saturated heterocycles. The molecule has 1 N–H and O–H groups in total. The summed E-state index contributed by atoms with van der Waals surface area (Å²) in [6.45, 7) is 7.52. The molecule has 1 aliphatic rings. The molecule has 5 nitrogen and oxygen atoms in total. The van der Waals surface area contributed by atoms with Gasteiger partial charge in [0.2, 0.25) is 5.91 Å². The van der Waals surface area contributed by atoms with Crippen LogP contribution in [0, 0.1) is 0 Å². The van der Waals surface area contributed by atoms with Gasteiger partial charge in [0.25, 0.3) is 0 Å². The molecule has 1 atom stereocenters. The number of hydrogen-bond donors (Lipinski definition) is 1. The summed E-state index contributed by atoms with van der Waals surface area (Å²) in [7, 11) is 0. The monoisotopic (exact) mass is 297 g/mol. The summed E-state index contributed by atoms with van der Waals surface area (Å²) < 4.78 is 5.67. The minimum absolute atomic E-state index is 0.0195. The summed E-state index contributed by atoms with van der Waals surface area (Å²) in [4.78, 5) is 18.4. The van der Waals surface area contributed by atoms with Crippen molar-refractivity contribution >= 4 is 17.2 Å². The van der Waals surface area contributed by atoms with E-state index in [2.05, 4.69) is 29.0 Å². The molecule has 0 spiro atoms. The zero-order chi connectivity index (χ0) is 14.4. The third-order valence-corrected chi connectivity index (χ3v) is 4.30. The number of carbonyl (C=O) groups excluding carboxylic acids is 1. The molecule has 0 saturated carbocycles. The Kier molecular flexibility index (Phi) is 5.94. The maximum atomic E-state index is 11.9. The molecule has 1 fully saturated rings. The summed E-state index contributed by atoms with van der Waals surface area (Å²) in [6, 6.07) is 0.509. The first-order valence-electron chi connectivity index (χ1n) is 7.16. The topological polar surface area (TPSA) is 54.5 Å². The summed E-state index contributed by atoms with van der Waals surface area (Å²) in [5.41, 5.74) is 0. The predicted octanol–water partition coefficient (Wildman–Crippen LogP) is 1.30. The predicted molar refractivity (Wildman–Crippen MR) is 79.9 cm³/mol. The van der Waals surface area contributed by atoms with Crippen LogP contribution in [0.4, 0.5) is 0 Å². The number of nitrogens with zero attached hydrogens (tertiary/aromatic N) is 2. The molecule has 0 unspecified atom stereocenters. The zero-order valence-electron chi connectivity index (χ0n) is 12.2. The van der Waals surface area contributed by atoms with Crippen molar-refractivity contribution in [3.8, 4) is 0 Å². The summed E-state index contributed by atoms with van der Waals surface area (Å²) in [6.07, 6.45) is 3.05. The van der Waals surface area contributed by atoms with E-state index in [1.165, 1.54) is 0 Å². The number of aromatic nitrogens is 1. The SMILES string of the molecule is CC(C)N1CCO[C@@H](CC(=O)NCCc2nccs2)C1. The Bertz CT molecular complexity index is 409.